The van der Waals surface area contributed by atoms with E-state index in [1.165, 1.54) is 6.07 Å². The van der Waals surface area contributed by atoms with Crippen molar-refractivity contribution in [2.45, 2.75) is 19.5 Å². The molecule has 0 spiro atoms. The second-order valence-electron chi connectivity index (χ2n) is 4.42. The molecule has 1 aromatic heterocycles. The molecule has 104 valence electrons. The summed E-state index contributed by atoms with van der Waals surface area (Å²) in [6.07, 6.45) is 3.50. The number of nitrogens with one attached hydrogen (secondary N) is 1. The Balaban J connectivity index is 2.09. The molecule has 0 aliphatic carbocycles. The Morgan fingerprint density at radius 2 is 2.25 bits per heavy atom. The highest BCUT2D eigenvalue weighted by Crippen LogP contribution is 2.24. The lowest BCUT2D eigenvalue weighted by Crippen LogP contribution is -2.18. The van der Waals surface area contributed by atoms with Crippen LogP contribution in [0.15, 0.2) is 47.2 Å². The number of benzene rings is 1. The van der Waals surface area contributed by atoms with Crippen LogP contribution in [0.1, 0.15) is 24.1 Å². The number of nitro benzene ring substituents is 1. The molecule has 0 fully saturated rings. The minimum Gasteiger partial charge on any atom is -0.306 e. The molecule has 1 heterocycles. The van der Waals surface area contributed by atoms with Crippen LogP contribution in [-0.4, -0.2) is 9.91 Å². The molecule has 5 nitrogen and oxygen atoms in total. The molecule has 6 heteroatoms. The van der Waals surface area contributed by atoms with Crippen LogP contribution in [-0.2, 0) is 6.54 Å². The average molecular weight is 336 g/mol. The molecule has 0 aliphatic rings. The van der Waals surface area contributed by atoms with Gasteiger partial charge in [-0.05, 0) is 30.7 Å². The number of pyridine rings is 1. The first-order chi connectivity index (χ1) is 9.58. The quantitative estimate of drug-likeness (QED) is 0.669. The molecule has 0 bridgehead atoms. The summed E-state index contributed by atoms with van der Waals surface area (Å²) in [5, 5.41) is 14.3. The minimum atomic E-state index is -0.365. The van der Waals surface area contributed by atoms with Gasteiger partial charge in [-0.3, -0.25) is 15.1 Å². The third-order valence-electron chi connectivity index (χ3n) is 3.03. The molecule has 0 amide bonds. The Labute approximate surface area is 125 Å². The van der Waals surface area contributed by atoms with Crippen LogP contribution in [0.4, 0.5) is 5.69 Å². The molecular formula is C14H14BrN3O2. The standard InChI is InChI=1S/C14H14BrN3O2/c1-10(11-3-2-6-16-8-11)17-9-12-4-5-13(15)7-14(12)18(19)20/h2-8,10,17H,9H2,1H3/t10-/m1/s1. The van der Waals surface area contributed by atoms with Gasteiger partial charge in [-0.25, -0.2) is 0 Å². The summed E-state index contributed by atoms with van der Waals surface area (Å²) in [7, 11) is 0. The van der Waals surface area contributed by atoms with Crippen LogP contribution < -0.4 is 5.32 Å². The predicted octanol–water partition coefficient (Wildman–Crippen LogP) is 3.60. The highest BCUT2D eigenvalue weighted by molar-refractivity contribution is 9.10. The number of rotatable bonds is 5. The molecule has 2 rings (SSSR count). The lowest BCUT2D eigenvalue weighted by atomic mass is 10.1. The Morgan fingerprint density at radius 1 is 1.45 bits per heavy atom. The molecule has 0 saturated heterocycles. The Morgan fingerprint density at radius 3 is 2.90 bits per heavy atom. The zero-order valence-corrected chi connectivity index (χ0v) is 12.5. The van der Waals surface area contributed by atoms with E-state index in [0.29, 0.717) is 16.6 Å². The molecule has 2 aromatic rings. The first-order valence-corrected chi connectivity index (χ1v) is 6.93. The number of nitrogens with zero attached hydrogens (tertiary/aromatic N) is 2. The molecule has 0 aliphatic heterocycles. The van der Waals surface area contributed by atoms with Gasteiger partial charge in [-0.2, -0.15) is 0 Å². The topological polar surface area (TPSA) is 68.1 Å². The van der Waals surface area contributed by atoms with Gasteiger partial charge in [-0.1, -0.05) is 22.0 Å². The predicted molar refractivity (Wildman–Crippen MR) is 80.3 cm³/mol. The third-order valence-corrected chi connectivity index (χ3v) is 3.52. The maximum Gasteiger partial charge on any atom is 0.275 e. The van der Waals surface area contributed by atoms with Gasteiger partial charge >= 0.3 is 0 Å². The SMILES string of the molecule is C[C@@H](NCc1ccc(Br)cc1[N+](=O)[O-])c1cccnc1. The van der Waals surface area contributed by atoms with E-state index < -0.39 is 0 Å². The van der Waals surface area contributed by atoms with Crippen molar-refractivity contribution in [1.82, 2.24) is 10.3 Å². The number of aromatic nitrogens is 1. The number of halogens is 1. The summed E-state index contributed by atoms with van der Waals surface area (Å²) in [6.45, 7) is 2.43. The van der Waals surface area contributed by atoms with Crippen molar-refractivity contribution in [3.05, 3.63) is 68.4 Å². The van der Waals surface area contributed by atoms with E-state index in [2.05, 4.69) is 26.2 Å². The van der Waals surface area contributed by atoms with Crippen LogP contribution in [0.3, 0.4) is 0 Å². The number of nitro groups is 1. The third kappa shape index (κ3) is 3.61. The van der Waals surface area contributed by atoms with Crippen molar-refractivity contribution >= 4 is 21.6 Å². The van der Waals surface area contributed by atoms with Crippen LogP contribution in [0, 0.1) is 10.1 Å². The monoisotopic (exact) mass is 335 g/mol. The molecule has 1 N–H and O–H groups in total. The van der Waals surface area contributed by atoms with E-state index in [4.69, 9.17) is 0 Å². The second-order valence-corrected chi connectivity index (χ2v) is 5.33. The maximum atomic E-state index is 11.0. The summed E-state index contributed by atoms with van der Waals surface area (Å²) in [5.41, 5.74) is 1.83. The zero-order valence-electron chi connectivity index (χ0n) is 10.9. The second kappa shape index (κ2) is 6.58. The molecule has 20 heavy (non-hydrogen) atoms. The fourth-order valence-corrected chi connectivity index (χ4v) is 2.22. The van der Waals surface area contributed by atoms with Gasteiger partial charge in [0.25, 0.3) is 5.69 Å². The van der Waals surface area contributed by atoms with Gasteiger partial charge in [-0.15, -0.1) is 0 Å². The highest BCUT2D eigenvalue weighted by atomic mass is 79.9. The fourth-order valence-electron chi connectivity index (χ4n) is 1.87. The smallest absolute Gasteiger partial charge is 0.275 e. The van der Waals surface area contributed by atoms with Crippen LogP contribution in [0.5, 0.6) is 0 Å². The molecule has 0 unspecified atom stereocenters. The molecular weight excluding hydrogens is 322 g/mol. The lowest BCUT2D eigenvalue weighted by Gasteiger charge is -2.14. The Kier molecular flexibility index (Phi) is 4.81. The normalized spacial score (nSPS) is 12.1. The highest BCUT2D eigenvalue weighted by Gasteiger charge is 2.15. The summed E-state index contributed by atoms with van der Waals surface area (Å²) in [4.78, 5) is 14.7. The van der Waals surface area contributed by atoms with E-state index in [9.17, 15) is 10.1 Å². The van der Waals surface area contributed by atoms with Crippen molar-refractivity contribution in [1.29, 1.82) is 0 Å². The van der Waals surface area contributed by atoms with Crippen LogP contribution in [0.25, 0.3) is 0 Å². The van der Waals surface area contributed by atoms with E-state index >= 15 is 0 Å². The van der Waals surface area contributed by atoms with E-state index in [0.717, 1.165) is 5.56 Å². The Bertz CT molecular complexity index is 605. The number of hydrogen-bond acceptors (Lipinski definition) is 4. The van der Waals surface area contributed by atoms with E-state index in [-0.39, 0.29) is 16.7 Å². The van der Waals surface area contributed by atoms with Crippen molar-refractivity contribution in [3.63, 3.8) is 0 Å². The van der Waals surface area contributed by atoms with Gasteiger partial charge in [0, 0.05) is 41.1 Å². The van der Waals surface area contributed by atoms with Crippen molar-refractivity contribution in [3.8, 4) is 0 Å². The van der Waals surface area contributed by atoms with Gasteiger partial charge in [0.1, 0.15) is 0 Å². The van der Waals surface area contributed by atoms with Crippen molar-refractivity contribution < 1.29 is 4.92 Å². The fraction of sp³-hybridized carbons (Fsp3) is 0.214. The van der Waals surface area contributed by atoms with Gasteiger partial charge in [0.2, 0.25) is 0 Å². The minimum absolute atomic E-state index is 0.0759. The Hall–Kier alpha value is -1.79. The van der Waals surface area contributed by atoms with E-state index in [1.54, 1.807) is 24.5 Å². The van der Waals surface area contributed by atoms with Crippen molar-refractivity contribution in [2.24, 2.45) is 0 Å². The summed E-state index contributed by atoms with van der Waals surface area (Å²) >= 11 is 3.25. The number of hydrogen-bond donors (Lipinski definition) is 1. The molecule has 0 saturated carbocycles. The molecule has 0 radical (unpaired) electrons. The van der Waals surface area contributed by atoms with Gasteiger partial charge < -0.3 is 5.32 Å². The van der Waals surface area contributed by atoms with Crippen molar-refractivity contribution in [2.75, 3.05) is 0 Å². The lowest BCUT2D eigenvalue weighted by molar-refractivity contribution is -0.385. The summed E-state index contributed by atoms with van der Waals surface area (Å²) < 4.78 is 0.702. The van der Waals surface area contributed by atoms with Gasteiger partial charge in [0.15, 0.2) is 0 Å². The largest absolute Gasteiger partial charge is 0.306 e. The molecule has 1 aromatic carbocycles. The average Bonchev–Trinajstić information content (AvgIpc) is 2.46. The maximum absolute atomic E-state index is 11.0. The molecule has 1 atom stereocenters. The first kappa shape index (κ1) is 14.6. The van der Waals surface area contributed by atoms with Crippen LogP contribution in [0.2, 0.25) is 0 Å². The zero-order chi connectivity index (χ0) is 14.5. The summed E-state index contributed by atoms with van der Waals surface area (Å²) in [5.74, 6) is 0. The van der Waals surface area contributed by atoms with Gasteiger partial charge in [0.05, 0.1) is 4.92 Å². The summed E-state index contributed by atoms with van der Waals surface area (Å²) in [6, 6.07) is 9.00. The first-order valence-electron chi connectivity index (χ1n) is 6.14. The van der Waals surface area contributed by atoms with Crippen LogP contribution >= 0.6 is 15.9 Å². The van der Waals surface area contributed by atoms with E-state index in [1.807, 2.05) is 19.1 Å².